The van der Waals surface area contributed by atoms with Crippen LogP contribution >= 0.6 is 0 Å². The molecule has 0 saturated carbocycles. The Morgan fingerprint density at radius 2 is 1.72 bits per heavy atom. The molecule has 1 atom stereocenters. The Kier molecular flexibility index (Phi) is 12.2. The second-order valence-electron chi connectivity index (χ2n) is 7.96. The molecule has 0 unspecified atom stereocenters. The van der Waals surface area contributed by atoms with Crippen LogP contribution in [-0.2, 0) is 11.8 Å². The fourth-order valence-corrected chi connectivity index (χ4v) is 3.81. The number of carboxylic acid groups (broad SMARTS) is 1. The molecular formula is C25H25N3Na2O6. The minimum Gasteiger partial charge on any atom is -0.871 e. The number of nitrogens with zero attached hydrogens (tertiary/aromatic N) is 1. The van der Waals surface area contributed by atoms with Gasteiger partial charge in [-0.3, -0.25) is 4.79 Å². The maximum Gasteiger partial charge on any atom is 1.00 e. The van der Waals surface area contributed by atoms with Crippen molar-refractivity contribution in [3.05, 3.63) is 75.7 Å². The van der Waals surface area contributed by atoms with Crippen molar-refractivity contribution in [2.75, 3.05) is 12.4 Å². The summed E-state index contributed by atoms with van der Waals surface area (Å²) in [6.07, 6.45) is 0.752. The molecule has 2 amide bonds. The number of aromatic nitrogens is 1. The van der Waals surface area contributed by atoms with E-state index in [9.17, 15) is 24.6 Å². The van der Waals surface area contributed by atoms with Gasteiger partial charge in [0, 0.05) is 25.6 Å². The normalized spacial score (nSPS) is 10.9. The topological polar surface area (TPSA) is 136 Å². The summed E-state index contributed by atoms with van der Waals surface area (Å²) in [7, 11) is 2.93. The molecule has 9 nitrogen and oxygen atoms in total. The number of benzene rings is 2. The molecule has 0 saturated heterocycles. The third kappa shape index (κ3) is 7.61. The van der Waals surface area contributed by atoms with E-state index in [0.29, 0.717) is 11.3 Å². The van der Waals surface area contributed by atoms with E-state index in [2.05, 4.69) is 10.6 Å². The number of hydrogen-bond acceptors (Lipinski definition) is 6. The molecule has 2 N–H and O–H groups in total. The van der Waals surface area contributed by atoms with E-state index in [1.165, 1.54) is 20.4 Å². The van der Waals surface area contributed by atoms with Crippen LogP contribution in [0.5, 0.6) is 11.5 Å². The molecular weight excluding hydrogens is 484 g/mol. The summed E-state index contributed by atoms with van der Waals surface area (Å²) >= 11 is 0. The van der Waals surface area contributed by atoms with Gasteiger partial charge in [0.2, 0.25) is 0 Å². The van der Waals surface area contributed by atoms with Gasteiger partial charge in [0.15, 0.2) is 0 Å². The molecule has 0 fully saturated rings. The van der Waals surface area contributed by atoms with Gasteiger partial charge in [-0.05, 0) is 59.9 Å². The van der Waals surface area contributed by atoms with Crippen molar-refractivity contribution in [1.82, 2.24) is 9.88 Å². The average molecular weight is 509 g/mol. The van der Waals surface area contributed by atoms with Crippen molar-refractivity contribution < 1.29 is 83.7 Å². The number of ether oxygens (including phenoxy) is 1. The number of methoxy groups -OCH3 is 1. The minimum absolute atomic E-state index is 0. The standard InChI is InChI=1S/C25H27N3O6.2Na/c1-14-6-5-7-15(2)22(14)17-10-16(11-18(12-17)34-4)19(13-21(30)31)26-25(33)27-23-20(29)8-9-28(3)24(23)32;;/h5-12,19,29H,13H2,1-4H3,(H,30,31)(H2,26,27,33);;/q;2*+1/p-2/t19-;;/m0../s1. The van der Waals surface area contributed by atoms with Crippen molar-refractivity contribution in [1.29, 1.82) is 0 Å². The quantitative estimate of drug-likeness (QED) is 0.310. The zero-order chi connectivity index (χ0) is 25.0. The number of aliphatic carboxylic acids is 1. The smallest absolute Gasteiger partial charge is 0.871 e. The number of pyridine rings is 1. The van der Waals surface area contributed by atoms with E-state index in [1.807, 2.05) is 38.1 Å². The van der Waals surface area contributed by atoms with Gasteiger partial charge >= 0.3 is 65.1 Å². The summed E-state index contributed by atoms with van der Waals surface area (Å²) in [5.41, 5.74) is 3.12. The predicted molar refractivity (Wildman–Crippen MR) is 124 cm³/mol. The molecule has 1 aromatic heterocycles. The number of carbonyl (C=O) groups is 2. The number of carbonyl (C=O) groups excluding carboxylic acids is 2. The fraction of sp³-hybridized carbons (Fsp3) is 0.240. The molecule has 1 heterocycles. The van der Waals surface area contributed by atoms with Crippen LogP contribution in [0.1, 0.15) is 29.2 Å². The number of anilines is 1. The van der Waals surface area contributed by atoms with Crippen LogP contribution in [-0.4, -0.2) is 23.7 Å². The van der Waals surface area contributed by atoms with E-state index < -0.39 is 41.5 Å². The number of carboxylic acids is 1. The van der Waals surface area contributed by atoms with Gasteiger partial charge in [-0.1, -0.05) is 30.0 Å². The van der Waals surface area contributed by atoms with Crippen molar-refractivity contribution in [2.45, 2.75) is 26.3 Å². The maximum absolute atomic E-state index is 12.7. The second-order valence-corrected chi connectivity index (χ2v) is 7.96. The summed E-state index contributed by atoms with van der Waals surface area (Å²) in [5, 5.41) is 28.3. The Hall–Kier alpha value is -2.27. The van der Waals surface area contributed by atoms with E-state index in [0.717, 1.165) is 32.9 Å². The number of rotatable bonds is 7. The first-order chi connectivity index (χ1) is 16.1. The first kappa shape index (κ1) is 31.8. The fourth-order valence-electron chi connectivity index (χ4n) is 3.81. The maximum atomic E-state index is 12.7. The van der Waals surface area contributed by atoms with Gasteiger partial charge in [-0.15, -0.1) is 0 Å². The van der Waals surface area contributed by atoms with Gasteiger partial charge in [0.05, 0.1) is 13.2 Å². The monoisotopic (exact) mass is 509 g/mol. The second kappa shape index (κ2) is 13.9. The number of amides is 2. The average Bonchev–Trinajstić information content (AvgIpc) is 2.78. The zero-order valence-electron chi connectivity index (χ0n) is 21.3. The van der Waals surface area contributed by atoms with Gasteiger partial charge in [0.1, 0.15) is 11.4 Å². The van der Waals surface area contributed by atoms with E-state index in [4.69, 9.17) is 4.74 Å². The molecule has 3 aromatic rings. The Labute approximate surface area is 253 Å². The van der Waals surface area contributed by atoms with Crippen molar-refractivity contribution in [2.24, 2.45) is 7.05 Å². The Morgan fingerprint density at radius 1 is 1.08 bits per heavy atom. The van der Waals surface area contributed by atoms with Crippen LogP contribution in [0.2, 0.25) is 0 Å². The van der Waals surface area contributed by atoms with Crippen molar-refractivity contribution in [3.63, 3.8) is 0 Å². The van der Waals surface area contributed by atoms with Gasteiger partial charge in [-0.25, -0.2) is 4.79 Å². The number of hydrogen-bond donors (Lipinski definition) is 2. The SMILES string of the molecule is COc1cc(-c2c(C)cccc2C)cc([C@H](CC(=O)[O-])NC(=O)Nc2c([O-])ccn(C)c2=O)c1.[Na+].[Na+]. The molecule has 0 spiro atoms. The third-order valence-corrected chi connectivity index (χ3v) is 5.48. The molecule has 178 valence electrons. The molecule has 0 radical (unpaired) electrons. The van der Waals surface area contributed by atoms with Crippen LogP contribution in [0.15, 0.2) is 53.5 Å². The Balaban J connectivity index is 0.00000324. The molecule has 2 aromatic carbocycles. The van der Waals surface area contributed by atoms with Gasteiger partial charge in [-0.2, -0.15) is 0 Å². The zero-order valence-corrected chi connectivity index (χ0v) is 25.3. The largest absolute Gasteiger partial charge is 1.00 e. The van der Waals surface area contributed by atoms with Crippen LogP contribution < -0.4 is 90.3 Å². The summed E-state index contributed by atoms with van der Waals surface area (Å²) in [6, 6.07) is 10.3. The van der Waals surface area contributed by atoms with Crippen LogP contribution in [0.3, 0.4) is 0 Å². The Bertz CT molecular complexity index is 1290. The first-order valence-electron chi connectivity index (χ1n) is 10.5. The van der Waals surface area contributed by atoms with Crippen LogP contribution in [0.25, 0.3) is 11.1 Å². The summed E-state index contributed by atoms with van der Waals surface area (Å²) in [5.74, 6) is -1.57. The molecule has 0 aliphatic heterocycles. The molecule has 36 heavy (non-hydrogen) atoms. The summed E-state index contributed by atoms with van der Waals surface area (Å²) in [4.78, 5) is 36.3. The van der Waals surface area contributed by atoms with Crippen molar-refractivity contribution >= 4 is 17.7 Å². The Morgan fingerprint density at radius 3 is 2.31 bits per heavy atom. The number of nitrogens with one attached hydrogen (secondary N) is 2. The summed E-state index contributed by atoms with van der Waals surface area (Å²) in [6.45, 7) is 3.93. The minimum atomic E-state index is -1.39. The molecule has 3 rings (SSSR count). The third-order valence-electron chi connectivity index (χ3n) is 5.48. The van der Waals surface area contributed by atoms with Crippen LogP contribution in [0.4, 0.5) is 10.5 Å². The molecule has 0 aliphatic carbocycles. The van der Waals surface area contributed by atoms with E-state index in [1.54, 1.807) is 12.1 Å². The number of aryl methyl sites for hydroxylation is 3. The molecule has 0 aliphatic rings. The van der Waals surface area contributed by atoms with Gasteiger partial charge in [0.25, 0.3) is 5.56 Å². The molecule has 0 bridgehead atoms. The van der Waals surface area contributed by atoms with Gasteiger partial charge < -0.3 is 34.9 Å². The van der Waals surface area contributed by atoms with E-state index in [-0.39, 0.29) is 59.1 Å². The van der Waals surface area contributed by atoms with Crippen molar-refractivity contribution in [3.8, 4) is 22.6 Å². The predicted octanol–water partition coefficient (Wildman–Crippen LogP) is -4.24. The summed E-state index contributed by atoms with van der Waals surface area (Å²) < 4.78 is 6.57. The van der Waals surface area contributed by atoms with E-state index >= 15 is 0 Å². The van der Waals surface area contributed by atoms with Crippen LogP contribution in [0, 0.1) is 13.8 Å². The molecule has 11 heteroatoms. The first-order valence-corrected chi connectivity index (χ1v) is 10.5. The number of urea groups is 1.